The molecule has 1 fully saturated rings. The zero-order chi connectivity index (χ0) is 14.9. The zero-order valence-corrected chi connectivity index (χ0v) is 13.5. The molecule has 2 aromatic rings. The van der Waals surface area contributed by atoms with Crippen LogP contribution in [0.1, 0.15) is 44.6 Å². The highest BCUT2D eigenvalue weighted by molar-refractivity contribution is 7.18. The van der Waals surface area contributed by atoms with Crippen LogP contribution in [0.4, 0.5) is 5.82 Å². The van der Waals surface area contributed by atoms with Crippen LogP contribution in [0.25, 0.3) is 10.2 Å². The van der Waals surface area contributed by atoms with E-state index in [0.29, 0.717) is 6.54 Å². The van der Waals surface area contributed by atoms with Crippen LogP contribution in [0, 0.1) is 12.8 Å². The van der Waals surface area contributed by atoms with Gasteiger partial charge in [-0.15, -0.1) is 11.3 Å². The summed E-state index contributed by atoms with van der Waals surface area (Å²) in [5, 5.41) is 16.2. The molecule has 3 rings (SSSR count). The van der Waals surface area contributed by atoms with Gasteiger partial charge in [0.25, 0.3) is 0 Å². The number of nitrogens with one attached hydrogen (secondary N) is 1. The Morgan fingerprint density at radius 2 is 2.14 bits per heavy atom. The smallest absolute Gasteiger partial charge is 0.147 e. The predicted octanol–water partition coefficient (Wildman–Crippen LogP) is 3.74. The maximum atomic E-state index is 10.7. The van der Waals surface area contributed by atoms with Crippen molar-refractivity contribution in [2.75, 3.05) is 11.9 Å². The van der Waals surface area contributed by atoms with E-state index in [-0.39, 0.29) is 0 Å². The Morgan fingerprint density at radius 3 is 2.86 bits per heavy atom. The third-order valence-corrected chi connectivity index (χ3v) is 5.82. The van der Waals surface area contributed by atoms with Crippen molar-refractivity contribution < 1.29 is 5.11 Å². The summed E-state index contributed by atoms with van der Waals surface area (Å²) in [6.07, 6.45) is 6.86. The van der Waals surface area contributed by atoms with Crippen LogP contribution in [-0.2, 0) is 0 Å². The molecule has 0 unspecified atom stereocenters. The zero-order valence-electron chi connectivity index (χ0n) is 12.7. The van der Waals surface area contributed by atoms with Gasteiger partial charge in [-0.2, -0.15) is 0 Å². The lowest BCUT2D eigenvalue weighted by atomic mass is 9.78. The van der Waals surface area contributed by atoms with Gasteiger partial charge >= 0.3 is 0 Å². The number of fused-ring (bicyclic) bond motifs is 1. The van der Waals surface area contributed by atoms with E-state index in [9.17, 15) is 5.11 Å². The van der Waals surface area contributed by atoms with E-state index in [1.54, 1.807) is 17.7 Å². The Bertz CT molecular complexity index is 617. The largest absolute Gasteiger partial charge is 0.388 e. The topological polar surface area (TPSA) is 58.0 Å². The molecule has 0 bridgehead atoms. The summed E-state index contributed by atoms with van der Waals surface area (Å²) >= 11 is 1.66. The van der Waals surface area contributed by atoms with E-state index in [0.717, 1.165) is 47.6 Å². The molecule has 0 atom stereocenters. The van der Waals surface area contributed by atoms with E-state index in [1.807, 2.05) is 0 Å². The summed E-state index contributed by atoms with van der Waals surface area (Å²) in [5.74, 6) is 1.64. The first-order valence-electron chi connectivity index (χ1n) is 7.76. The van der Waals surface area contributed by atoms with Gasteiger partial charge in [0, 0.05) is 6.54 Å². The first-order chi connectivity index (χ1) is 10.1. The summed E-state index contributed by atoms with van der Waals surface area (Å²) in [6, 6.07) is 0. The fraction of sp³-hybridized carbons (Fsp3) is 0.625. The molecule has 21 heavy (non-hydrogen) atoms. The van der Waals surface area contributed by atoms with Crippen molar-refractivity contribution in [2.45, 2.75) is 51.6 Å². The molecule has 5 heteroatoms. The number of thiophene rings is 1. The van der Waals surface area contributed by atoms with Gasteiger partial charge in [0.15, 0.2) is 0 Å². The molecule has 2 N–H and O–H groups in total. The van der Waals surface area contributed by atoms with Crippen LogP contribution in [0.5, 0.6) is 0 Å². The summed E-state index contributed by atoms with van der Waals surface area (Å²) in [4.78, 5) is 8.68. The minimum Gasteiger partial charge on any atom is -0.388 e. The first kappa shape index (κ1) is 14.7. The van der Waals surface area contributed by atoms with Crippen LogP contribution < -0.4 is 5.32 Å². The van der Waals surface area contributed by atoms with E-state index < -0.39 is 5.60 Å². The third-order valence-electron chi connectivity index (χ3n) is 4.73. The number of anilines is 1. The van der Waals surface area contributed by atoms with Crippen LogP contribution in [0.15, 0.2) is 11.7 Å². The molecule has 4 nitrogen and oxygen atoms in total. The fourth-order valence-electron chi connectivity index (χ4n) is 3.14. The van der Waals surface area contributed by atoms with Crippen molar-refractivity contribution in [1.29, 1.82) is 0 Å². The van der Waals surface area contributed by atoms with E-state index in [2.05, 4.69) is 34.5 Å². The molecule has 114 valence electrons. The molecule has 2 heterocycles. The lowest BCUT2D eigenvalue weighted by Crippen LogP contribution is -2.40. The first-order valence-corrected chi connectivity index (χ1v) is 8.64. The number of aromatic nitrogens is 2. The van der Waals surface area contributed by atoms with Crippen molar-refractivity contribution >= 4 is 27.4 Å². The maximum Gasteiger partial charge on any atom is 0.147 e. The lowest BCUT2D eigenvalue weighted by Gasteiger charge is -2.36. The van der Waals surface area contributed by atoms with Gasteiger partial charge in [-0.25, -0.2) is 9.97 Å². The Balaban J connectivity index is 1.69. The minimum absolute atomic E-state index is 0.576. The van der Waals surface area contributed by atoms with Crippen molar-refractivity contribution in [3.8, 4) is 0 Å². The average molecular weight is 305 g/mol. The summed E-state index contributed by atoms with van der Waals surface area (Å²) in [5.41, 5.74) is 1.61. The number of hydrogen-bond acceptors (Lipinski definition) is 5. The van der Waals surface area contributed by atoms with Gasteiger partial charge in [-0.1, -0.05) is 13.3 Å². The number of hydrogen-bond donors (Lipinski definition) is 2. The van der Waals surface area contributed by atoms with Gasteiger partial charge in [-0.05, 0) is 49.5 Å². The highest BCUT2D eigenvalue weighted by Crippen LogP contribution is 2.34. The second kappa shape index (κ2) is 5.89. The van der Waals surface area contributed by atoms with Crippen molar-refractivity contribution in [1.82, 2.24) is 9.97 Å². The highest BCUT2D eigenvalue weighted by Gasteiger charge is 2.32. The van der Waals surface area contributed by atoms with Crippen molar-refractivity contribution in [3.63, 3.8) is 0 Å². The Morgan fingerprint density at radius 1 is 1.38 bits per heavy atom. The molecule has 0 aliphatic heterocycles. The second-order valence-corrected chi connectivity index (χ2v) is 7.13. The van der Waals surface area contributed by atoms with Gasteiger partial charge in [-0.3, -0.25) is 0 Å². The SMILES string of the molecule is CCC1CCC(O)(CNc2ncnc3c(C)csc23)CC1. The molecule has 0 spiro atoms. The minimum atomic E-state index is -0.588. The Hall–Kier alpha value is -1.20. The lowest BCUT2D eigenvalue weighted by molar-refractivity contribution is 0.00225. The molecule has 1 saturated carbocycles. The van der Waals surface area contributed by atoms with Crippen LogP contribution in [0.2, 0.25) is 0 Å². The van der Waals surface area contributed by atoms with Gasteiger partial charge in [0.2, 0.25) is 0 Å². The monoisotopic (exact) mass is 305 g/mol. The maximum absolute atomic E-state index is 10.7. The molecule has 1 aliphatic carbocycles. The number of rotatable bonds is 4. The van der Waals surface area contributed by atoms with Crippen LogP contribution >= 0.6 is 11.3 Å². The molecular formula is C16H23N3OS. The number of aliphatic hydroxyl groups is 1. The molecular weight excluding hydrogens is 282 g/mol. The standard InChI is InChI=1S/C16H23N3OS/c1-3-12-4-6-16(20,7-5-12)9-17-15-14-13(18-10-19-15)11(2)8-21-14/h8,10,12,20H,3-7,9H2,1-2H3,(H,17,18,19). The number of nitrogens with zero attached hydrogens (tertiary/aromatic N) is 2. The van der Waals surface area contributed by atoms with Gasteiger partial charge in [0.1, 0.15) is 12.1 Å². The predicted molar refractivity (Wildman–Crippen MR) is 87.8 cm³/mol. The number of aryl methyl sites for hydroxylation is 1. The molecule has 1 aliphatic rings. The second-order valence-electron chi connectivity index (χ2n) is 6.25. The summed E-state index contributed by atoms with van der Waals surface area (Å²) < 4.78 is 1.08. The van der Waals surface area contributed by atoms with Gasteiger partial charge < -0.3 is 10.4 Å². The van der Waals surface area contributed by atoms with Crippen LogP contribution in [0.3, 0.4) is 0 Å². The van der Waals surface area contributed by atoms with Crippen molar-refractivity contribution in [2.24, 2.45) is 5.92 Å². The van der Waals surface area contributed by atoms with Crippen LogP contribution in [-0.4, -0.2) is 27.2 Å². The average Bonchev–Trinajstić information content (AvgIpc) is 2.88. The summed E-state index contributed by atoms with van der Waals surface area (Å²) in [7, 11) is 0. The quantitative estimate of drug-likeness (QED) is 0.903. The van der Waals surface area contributed by atoms with Crippen molar-refractivity contribution in [3.05, 3.63) is 17.3 Å². The Labute approximate surface area is 129 Å². The van der Waals surface area contributed by atoms with Gasteiger partial charge in [0.05, 0.1) is 15.8 Å². The van der Waals surface area contributed by atoms with E-state index in [1.165, 1.54) is 12.0 Å². The molecule has 0 aromatic carbocycles. The fourth-order valence-corrected chi connectivity index (χ4v) is 4.11. The molecule has 0 amide bonds. The summed E-state index contributed by atoms with van der Waals surface area (Å²) in [6.45, 7) is 4.88. The molecule has 2 aromatic heterocycles. The molecule has 0 radical (unpaired) electrons. The third kappa shape index (κ3) is 3.04. The normalized spacial score (nSPS) is 26.1. The highest BCUT2D eigenvalue weighted by atomic mass is 32.1. The molecule has 0 saturated heterocycles. The Kier molecular flexibility index (Phi) is 4.13. The van der Waals surface area contributed by atoms with E-state index in [4.69, 9.17) is 0 Å². The van der Waals surface area contributed by atoms with E-state index >= 15 is 0 Å².